The number of amides is 1. The average molecular weight is 248 g/mol. The maximum atomic E-state index is 12.3. The molecule has 1 aromatic rings. The molecule has 0 aromatic heterocycles. The van der Waals surface area contributed by atoms with E-state index < -0.39 is 0 Å². The first-order valence-corrected chi connectivity index (χ1v) is 6.34. The highest BCUT2D eigenvalue weighted by Crippen LogP contribution is 2.24. The molecule has 0 spiro atoms. The predicted molar refractivity (Wildman–Crippen MR) is 71.7 cm³/mol. The van der Waals surface area contributed by atoms with Crippen LogP contribution in [-0.4, -0.2) is 31.0 Å². The molecule has 1 aromatic carbocycles. The number of ether oxygens (including phenoxy) is 1. The number of hydrogen-bond acceptors (Lipinski definition) is 3. The molecule has 1 fully saturated rings. The van der Waals surface area contributed by atoms with Gasteiger partial charge in [-0.05, 0) is 37.0 Å². The average Bonchev–Trinajstić information content (AvgIpc) is 2.38. The van der Waals surface area contributed by atoms with Crippen molar-refractivity contribution in [2.24, 2.45) is 5.92 Å². The van der Waals surface area contributed by atoms with Gasteiger partial charge in [0, 0.05) is 18.7 Å². The van der Waals surface area contributed by atoms with E-state index in [2.05, 4.69) is 6.92 Å². The summed E-state index contributed by atoms with van der Waals surface area (Å²) in [5, 5.41) is 0. The van der Waals surface area contributed by atoms with Gasteiger partial charge in [-0.25, -0.2) is 0 Å². The van der Waals surface area contributed by atoms with Gasteiger partial charge in [0.25, 0.3) is 5.91 Å². The summed E-state index contributed by atoms with van der Waals surface area (Å²) in [6.45, 7) is 3.91. The molecule has 1 amide bonds. The second-order valence-electron chi connectivity index (χ2n) is 4.93. The molecule has 2 rings (SSSR count). The van der Waals surface area contributed by atoms with Crippen molar-refractivity contribution in [3.8, 4) is 5.75 Å². The molecule has 4 heteroatoms. The first-order chi connectivity index (χ1) is 8.61. The summed E-state index contributed by atoms with van der Waals surface area (Å²) >= 11 is 0. The molecule has 1 aliphatic heterocycles. The molecule has 0 atom stereocenters. The Labute approximate surface area is 108 Å². The van der Waals surface area contributed by atoms with E-state index in [1.54, 1.807) is 25.3 Å². The smallest absolute Gasteiger partial charge is 0.253 e. The molecule has 0 bridgehead atoms. The molecule has 1 heterocycles. The Morgan fingerprint density at radius 1 is 1.39 bits per heavy atom. The Kier molecular flexibility index (Phi) is 3.75. The van der Waals surface area contributed by atoms with Crippen molar-refractivity contribution in [1.29, 1.82) is 0 Å². The van der Waals surface area contributed by atoms with Crippen LogP contribution in [0.25, 0.3) is 0 Å². The van der Waals surface area contributed by atoms with Crippen LogP contribution in [0, 0.1) is 5.92 Å². The van der Waals surface area contributed by atoms with Crippen LogP contribution in [-0.2, 0) is 0 Å². The number of methoxy groups -OCH3 is 1. The number of nitrogens with two attached hydrogens (primary N) is 1. The maximum absolute atomic E-state index is 12.3. The molecule has 1 saturated heterocycles. The van der Waals surface area contributed by atoms with Crippen LogP contribution in [0.3, 0.4) is 0 Å². The Balaban J connectivity index is 2.11. The van der Waals surface area contributed by atoms with E-state index in [1.807, 2.05) is 4.90 Å². The number of nitrogens with zero attached hydrogens (tertiary/aromatic N) is 1. The van der Waals surface area contributed by atoms with Crippen LogP contribution in [0.15, 0.2) is 18.2 Å². The van der Waals surface area contributed by atoms with Crippen LogP contribution >= 0.6 is 0 Å². The van der Waals surface area contributed by atoms with E-state index in [0.29, 0.717) is 17.0 Å². The van der Waals surface area contributed by atoms with Crippen molar-refractivity contribution in [3.05, 3.63) is 23.8 Å². The lowest BCUT2D eigenvalue weighted by molar-refractivity contribution is 0.0697. The molecule has 0 saturated carbocycles. The minimum Gasteiger partial charge on any atom is -0.495 e. The number of nitrogen functional groups attached to an aromatic ring is 1. The van der Waals surface area contributed by atoms with Crippen molar-refractivity contribution in [1.82, 2.24) is 4.90 Å². The zero-order valence-corrected chi connectivity index (χ0v) is 11.0. The second-order valence-corrected chi connectivity index (χ2v) is 4.93. The number of rotatable bonds is 2. The third kappa shape index (κ3) is 2.58. The summed E-state index contributed by atoms with van der Waals surface area (Å²) in [6, 6.07) is 5.21. The zero-order chi connectivity index (χ0) is 13.1. The molecule has 2 N–H and O–H groups in total. The Hall–Kier alpha value is -1.71. The molecular formula is C14H20N2O2. The molecule has 0 radical (unpaired) electrons. The first-order valence-electron chi connectivity index (χ1n) is 6.34. The molecule has 0 aliphatic carbocycles. The van der Waals surface area contributed by atoms with E-state index in [4.69, 9.17) is 10.5 Å². The fourth-order valence-electron chi connectivity index (χ4n) is 2.26. The normalized spacial score (nSPS) is 16.7. The summed E-state index contributed by atoms with van der Waals surface area (Å²) in [6.07, 6.45) is 2.16. The number of carbonyl (C=O) groups excluding carboxylic acids is 1. The number of carbonyl (C=O) groups is 1. The summed E-state index contributed by atoms with van der Waals surface area (Å²) in [7, 11) is 1.57. The first kappa shape index (κ1) is 12.7. The number of piperidine rings is 1. The standard InChI is InChI=1S/C14H20N2O2/c1-10-5-7-16(8-6-10)14(17)11-3-4-13(18-2)12(15)9-11/h3-4,9-10H,5-8,15H2,1-2H3. The lowest BCUT2D eigenvalue weighted by atomic mass is 9.98. The van der Waals surface area contributed by atoms with Crippen LogP contribution < -0.4 is 10.5 Å². The topological polar surface area (TPSA) is 55.6 Å². The summed E-state index contributed by atoms with van der Waals surface area (Å²) in [5.74, 6) is 1.39. The van der Waals surface area contributed by atoms with Crippen molar-refractivity contribution in [2.75, 3.05) is 25.9 Å². The fraction of sp³-hybridized carbons (Fsp3) is 0.500. The van der Waals surface area contributed by atoms with E-state index >= 15 is 0 Å². The van der Waals surface area contributed by atoms with Gasteiger partial charge in [0.05, 0.1) is 12.8 Å². The largest absolute Gasteiger partial charge is 0.495 e. The third-order valence-electron chi connectivity index (χ3n) is 3.55. The minimum atomic E-state index is 0.0660. The molecule has 98 valence electrons. The Morgan fingerprint density at radius 2 is 2.06 bits per heavy atom. The Bertz CT molecular complexity index is 437. The monoisotopic (exact) mass is 248 g/mol. The molecule has 4 nitrogen and oxygen atoms in total. The van der Waals surface area contributed by atoms with Gasteiger partial charge in [0.2, 0.25) is 0 Å². The van der Waals surface area contributed by atoms with E-state index in [-0.39, 0.29) is 5.91 Å². The third-order valence-corrected chi connectivity index (χ3v) is 3.55. The van der Waals surface area contributed by atoms with Crippen molar-refractivity contribution in [2.45, 2.75) is 19.8 Å². The lowest BCUT2D eigenvalue weighted by Crippen LogP contribution is -2.37. The van der Waals surface area contributed by atoms with Crippen LogP contribution in [0.4, 0.5) is 5.69 Å². The Morgan fingerprint density at radius 3 is 2.61 bits per heavy atom. The van der Waals surface area contributed by atoms with E-state index in [1.165, 1.54) is 0 Å². The second kappa shape index (κ2) is 5.29. The SMILES string of the molecule is COc1ccc(C(=O)N2CCC(C)CC2)cc1N. The van der Waals surface area contributed by atoms with E-state index in [9.17, 15) is 4.79 Å². The lowest BCUT2D eigenvalue weighted by Gasteiger charge is -2.30. The van der Waals surface area contributed by atoms with Crippen molar-refractivity contribution < 1.29 is 9.53 Å². The summed E-state index contributed by atoms with van der Waals surface area (Å²) < 4.78 is 5.09. The van der Waals surface area contributed by atoms with Crippen LogP contribution in [0.5, 0.6) is 5.75 Å². The maximum Gasteiger partial charge on any atom is 0.253 e. The van der Waals surface area contributed by atoms with Gasteiger partial charge in [-0.2, -0.15) is 0 Å². The predicted octanol–water partition coefficient (Wildman–Crippen LogP) is 2.15. The van der Waals surface area contributed by atoms with Gasteiger partial charge in [0.15, 0.2) is 0 Å². The molecule has 18 heavy (non-hydrogen) atoms. The molecule has 0 unspecified atom stereocenters. The number of benzene rings is 1. The highest BCUT2D eigenvalue weighted by molar-refractivity contribution is 5.95. The van der Waals surface area contributed by atoms with E-state index in [0.717, 1.165) is 31.8 Å². The quantitative estimate of drug-likeness (QED) is 0.816. The summed E-state index contributed by atoms with van der Waals surface area (Å²) in [5.41, 5.74) is 6.98. The zero-order valence-electron chi connectivity index (χ0n) is 11.0. The molecular weight excluding hydrogens is 228 g/mol. The highest BCUT2D eigenvalue weighted by atomic mass is 16.5. The van der Waals surface area contributed by atoms with Gasteiger partial charge in [0.1, 0.15) is 5.75 Å². The van der Waals surface area contributed by atoms with Gasteiger partial charge < -0.3 is 15.4 Å². The molecule has 1 aliphatic rings. The van der Waals surface area contributed by atoms with Crippen molar-refractivity contribution >= 4 is 11.6 Å². The van der Waals surface area contributed by atoms with Gasteiger partial charge in [-0.15, -0.1) is 0 Å². The van der Waals surface area contributed by atoms with Gasteiger partial charge in [-0.3, -0.25) is 4.79 Å². The van der Waals surface area contributed by atoms with Gasteiger partial charge >= 0.3 is 0 Å². The number of anilines is 1. The minimum absolute atomic E-state index is 0.0660. The number of hydrogen-bond donors (Lipinski definition) is 1. The van der Waals surface area contributed by atoms with Gasteiger partial charge in [-0.1, -0.05) is 6.92 Å². The van der Waals surface area contributed by atoms with Crippen LogP contribution in [0.1, 0.15) is 30.1 Å². The summed E-state index contributed by atoms with van der Waals surface area (Å²) in [4.78, 5) is 14.2. The van der Waals surface area contributed by atoms with Crippen LogP contribution in [0.2, 0.25) is 0 Å². The highest BCUT2D eigenvalue weighted by Gasteiger charge is 2.21. The fourth-order valence-corrected chi connectivity index (χ4v) is 2.26. The van der Waals surface area contributed by atoms with Crippen molar-refractivity contribution in [3.63, 3.8) is 0 Å². The number of likely N-dealkylation sites (tertiary alicyclic amines) is 1.